The fraction of sp³-hybridized carbons (Fsp3) is 0.588. The van der Waals surface area contributed by atoms with E-state index >= 15 is 0 Å². The molecule has 0 saturated heterocycles. The third kappa shape index (κ3) is 7.77. The maximum Gasteiger partial charge on any atom is 0.191 e. The molecule has 0 heterocycles. The Hall–Kier alpha value is -1.63. The van der Waals surface area contributed by atoms with Crippen molar-refractivity contribution in [2.45, 2.75) is 38.5 Å². The zero-order valence-electron chi connectivity index (χ0n) is 15.1. The molecule has 0 radical (unpaired) electrons. The van der Waals surface area contributed by atoms with Crippen LogP contribution in [0.3, 0.4) is 0 Å². The first kappa shape index (κ1) is 20.4. The van der Waals surface area contributed by atoms with Crippen LogP contribution in [0.4, 0.5) is 4.39 Å². The first-order valence-corrected chi connectivity index (χ1v) is 9.29. The van der Waals surface area contributed by atoms with Gasteiger partial charge < -0.3 is 15.4 Å². The Kier molecular flexibility index (Phi) is 8.18. The Morgan fingerprint density at radius 1 is 1.29 bits per heavy atom. The molecule has 0 saturated carbocycles. The summed E-state index contributed by atoms with van der Waals surface area (Å²) in [5.74, 6) is 1.53. The molecule has 2 atom stereocenters. The lowest BCUT2D eigenvalue weighted by atomic mass is 10.3. The highest BCUT2D eigenvalue weighted by Gasteiger charge is 2.18. The molecule has 0 aromatic heterocycles. The van der Waals surface area contributed by atoms with E-state index in [-0.39, 0.29) is 16.7 Å². The van der Waals surface area contributed by atoms with E-state index in [2.05, 4.69) is 15.6 Å². The predicted octanol–water partition coefficient (Wildman–Crippen LogP) is 2.31. The second kappa shape index (κ2) is 9.61. The molecule has 7 heteroatoms. The minimum Gasteiger partial charge on any atom is -0.489 e. The number of nitrogens with zero attached hydrogens (tertiary/aromatic N) is 1. The maximum atomic E-state index is 12.9. The summed E-state index contributed by atoms with van der Waals surface area (Å²) < 4.78 is 30.3. The number of hydrogen-bond donors (Lipinski definition) is 2. The van der Waals surface area contributed by atoms with Crippen molar-refractivity contribution in [3.05, 3.63) is 30.1 Å². The van der Waals surface area contributed by atoms with Crippen molar-refractivity contribution in [2.24, 2.45) is 4.99 Å². The van der Waals surface area contributed by atoms with Gasteiger partial charge in [-0.2, -0.15) is 0 Å². The average Bonchev–Trinajstić information content (AvgIpc) is 2.51. The van der Waals surface area contributed by atoms with Crippen molar-refractivity contribution in [1.82, 2.24) is 10.6 Å². The molecule has 0 fully saturated rings. The number of ether oxygens (including phenoxy) is 1. The SMILES string of the molecule is CN=C(NCCS(=O)C(C)(C)C)NCC(C)Oc1ccc(F)cc1. The Morgan fingerprint density at radius 2 is 1.92 bits per heavy atom. The highest BCUT2D eigenvalue weighted by molar-refractivity contribution is 7.86. The molecule has 1 rings (SSSR count). The van der Waals surface area contributed by atoms with Crippen molar-refractivity contribution in [3.63, 3.8) is 0 Å². The molecular weight excluding hydrogens is 329 g/mol. The van der Waals surface area contributed by atoms with Gasteiger partial charge in [-0.3, -0.25) is 9.20 Å². The summed E-state index contributed by atoms with van der Waals surface area (Å²) in [6.45, 7) is 8.93. The Bertz CT molecular complexity index is 556. The fourth-order valence-corrected chi connectivity index (χ4v) is 2.72. The molecule has 0 aliphatic heterocycles. The smallest absolute Gasteiger partial charge is 0.191 e. The standard InChI is InChI=1S/C17H28FN3O2S/c1-13(23-15-8-6-14(18)7-9-15)12-21-16(19-5)20-10-11-24(22)17(2,3)4/h6-9,13H,10-12H2,1-5H3,(H2,19,20,21). The molecule has 136 valence electrons. The zero-order chi connectivity index (χ0) is 18.2. The van der Waals surface area contributed by atoms with Crippen LogP contribution in [0.1, 0.15) is 27.7 Å². The van der Waals surface area contributed by atoms with Crippen LogP contribution in [0, 0.1) is 5.82 Å². The van der Waals surface area contributed by atoms with Gasteiger partial charge in [0.2, 0.25) is 0 Å². The summed E-state index contributed by atoms with van der Waals surface area (Å²) in [7, 11) is 0.785. The molecule has 24 heavy (non-hydrogen) atoms. The van der Waals surface area contributed by atoms with Gasteiger partial charge in [0.15, 0.2) is 5.96 Å². The zero-order valence-corrected chi connectivity index (χ0v) is 15.9. The maximum absolute atomic E-state index is 12.9. The third-order valence-electron chi connectivity index (χ3n) is 3.19. The first-order chi connectivity index (χ1) is 11.2. The van der Waals surface area contributed by atoms with E-state index in [9.17, 15) is 8.60 Å². The average molecular weight is 357 g/mol. The number of guanidine groups is 1. The number of rotatable bonds is 7. The van der Waals surface area contributed by atoms with Crippen molar-refractivity contribution in [3.8, 4) is 5.75 Å². The van der Waals surface area contributed by atoms with E-state index in [0.717, 1.165) is 0 Å². The van der Waals surface area contributed by atoms with E-state index in [1.165, 1.54) is 12.1 Å². The van der Waals surface area contributed by atoms with E-state index < -0.39 is 10.8 Å². The highest BCUT2D eigenvalue weighted by Crippen LogP contribution is 2.12. The van der Waals surface area contributed by atoms with Crippen LogP contribution in [0.15, 0.2) is 29.3 Å². The van der Waals surface area contributed by atoms with Gasteiger partial charge in [-0.05, 0) is 52.0 Å². The summed E-state index contributed by atoms with van der Waals surface area (Å²) in [4.78, 5) is 4.13. The lowest BCUT2D eigenvalue weighted by molar-refractivity contribution is 0.223. The van der Waals surface area contributed by atoms with Crippen LogP contribution in [-0.2, 0) is 10.8 Å². The second-order valence-electron chi connectivity index (χ2n) is 6.42. The van der Waals surface area contributed by atoms with Gasteiger partial charge in [-0.25, -0.2) is 4.39 Å². The molecule has 0 spiro atoms. The van der Waals surface area contributed by atoms with E-state index in [1.54, 1.807) is 19.2 Å². The van der Waals surface area contributed by atoms with Crippen molar-refractivity contribution >= 4 is 16.8 Å². The summed E-state index contributed by atoms with van der Waals surface area (Å²) in [6.07, 6.45) is -0.113. The number of aliphatic imine (C=N–C) groups is 1. The van der Waals surface area contributed by atoms with Crippen LogP contribution in [0.2, 0.25) is 0 Å². The molecule has 1 aromatic rings. The predicted molar refractivity (Wildman–Crippen MR) is 98.6 cm³/mol. The largest absolute Gasteiger partial charge is 0.489 e. The van der Waals surface area contributed by atoms with Crippen molar-refractivity contribution < 1.29 is 13.3 Å². The van der Waals surface area contributed by atoms with E-state index in [0.29, 0.717) is 30.6 Å². The molecular formula is C17H28FN3O2S. The van der Waals surface area contributed by atoms with Crippen LogP contribution in [-0.4, -0.2) is 46.9 Å². The Balaban J connectivity index is 2.33. The molecule has 1 aromatic carbocycles. The van der Waals surface area contributed by atoms with Crippen LogP contribution in [0.5, 0.6) is 5.75 Å². The molecule has 2 N–H and O–H groups in total. The van der Waals surface area contributed by atoms with Gasteiger partial charge in [-0.1, -0.05) is 0 Å². The quantitative estimate of drug-likeness (QED) is 0.581. The molecule has 0 amide bonds. The minimum absolute atomic E-state index is 0.113. The molecule has 2 unspecified atom stereocenters. The topological polar surface area (TPSA) is 62.7 Å². The van der Waals surface area contributed by atoms with Crippen molar-refractivity contribution in [1.29, 1.82) is 0 Å². The molecule has 0 aliphatic rings. The lowest BCUT2D eigenvalue weighted by Gasteiger charge is -2.19. The van der Waals surface area contributed by atoms with Crippen molar-refractivity contribution in [2.75, 3.05) is 25.9 Å². The van der Waals surface area contributed by atoms with Gasteiger partial charge in [0, 0.05) is 34.9 Å². The molecule has 0 bridgehead atoms. The number of nitrogens with one attached hydrogen (secondary N) is 2. The van der Waals surface area contributed by atoms with Gasteiger partial charge in [0.1, 0.15) is 17.7 Å². The van der Waals surface area contributed by atoms with Crippen LogP contribution < -0.4 is 15.4 Å². The normalized spacial score (nSPS) is 14.8. The summed E-state index contributed by atoms with van der Waals surface area (Å²) in [5, 5.41) is 6.29. The third-order valence-corrected chi connectivity index (χ3v) is 5.14. The number of halogens is 1. The summed E-state index contributed by atoms with van der Waals surface area (Å²) >= 11 is 0. The van der Waals surface area contributed by atoms with Crippen LogP contribution >= 0.6 is 0 Å². The summed E-state index contributed by atoms with van der Waals surface area (Å²) in [5.41, 5.74) is 0. The minimum atomic E-state index is -0.898. The first-order valence-electron chi connectivity index (χ1n) is 7.97. The summed E-state index contributed by atoms with van der Waals surface area (Å²) in [6, 6.07) is 5.93. The van der Waals surface area contributed by atoms with Gasteiger partial charge in [0.25, 0.3) is 0 Å². The molecule has 0 aliphatic carbocycles. The van der Waals surface area contributed by atoms with Gasteiger partial charge >= 0.3 is 0 Å². The fourth-order valence-electron chi connectivity index (χ4n) is 1.82. The van der Waals surface area contributed by atoms with E-state index in [1.807, 2.05) is 27.7 Å². The molecule has 5 nitrogen and oxygen atoms in total. The number of hydrogen-bond acceptors (Lipinski definition) is 3. The number of benzene rings is 1. The van der Waals surface area contributed by atoms with Crippen LogP contribution in [0.25, 0.3) is 0 Å². The second-order valence-corrected chi connectivity index (χ2v) is 8.75. The Morgan fingerprint density at radius 3 is 2.46 bits per heavy atom. The Labute approximate surface area is 146 Å². The van der Waals surface area contributed by atoms with Gasteiger partial charge in [-0.15, -0.1) is 0 Å². The highest BCUT2D eigenvalue weighted by atomic mass is 32.2. The lowest BCUT2D eigenvalue weighted by Crippen LogP contribution is -2.43. The van der Waals surface area contributed by atoms with E-state index in [4.69, 9.17) is 4.74 Å². The monoisotopic (exact) mass is 357 g/mol. The van der Waals surface area contributed by atoms with Gasteiger partial charge in [0.05, 0.1) is 6.54 Å².